The summed E-state index contributed by atoms with van der Waals surface area (Å²) < 4.78 is 44.9. The zero-order valence-corrected chi connectivity index (χ0v) is 23.5. The van der Waals surface area contributed by atoms with Gasteiger partial charge in [0.1, 0.15) is 11.8 Å². The number of aromatic nitrogens is 1. The largest absolute Gasteiger partial charge is 0.497 e. The van der Waals surface area contributed by atoms with Gasteiger partial charge in [0.2, 0.25) is 11.8 Å². The first-order valence-corrected chi connectivity index (χ1v) is 13.3. The number of ether oxygens (including phenoxy) is 1. The average molecular weight is 590 g/mol. The molecule has 41 heavy (non-hydrogen) atoms. The predicted molar refractivity (Wildman–Crippen MR) is 149 cm³/mol. The number of nitrogens with one attached hydrogen (secondary N) is 2. The molecule has 2 N–H and O–H groups in total. The summed E-state index contributed by atoms with van der Waals surface area (Å²) in [7, 11) is 1.54. The Bertz CT molecular complexity index is 1320. The number of methoxy groups -OCH3 is 1. The number of halogens is 4. The highest BCUT2D eigenvalue weighted by molar-refractivity contribution is 6.30. The van der Waals surface area contributed by atoms with E-state index in [4.69, 9.17) is 16.3 Å². The Morgan fingerprint density at radius 2 is 1.54 bits per heavy atom. The number of Topliss-reactive ketones (excluding diaryl/α,β-unsaturated/α-hetero) is 1. The molecule has 3 aromatic rings. The molecule has 218 valence electrons. The van der Waals surface area contributed by atoms with E-state index in [-0.39, 0.29) is 12.8 Å². The van der Waals surface area contributed by atoms with Gasteiger partial charge in [-0.05, 0) is 53.4 Å². The van der Waals surface area contributed by atoms with Crippen LogP contribution in [0.5, 0.6) is 5.75 Å². The monoisotopic (exact) mass is 589 g/mol. The molecule has 0 spiro atoms. The molecule has 0 bridgehead atoms. The van der Waals surface area contributed by atoms with Crippen LogP contribution in [0.4, 0.5) is 13.2 Å². The van der Waals surface area contributed by atoms with Crippen molar-refractivity contribution in [3.63, 3.8) is 0 Å². The SMILES string of the molecule is COc1ccc(C(CC(=O)NC(Cc2ccccn2)C(=O)NC(C(=O)C(F)(F)F)C(C)C)c2ccc(Cl)cc2)cc1. The third-order valence-corrected chi connectivity index (χ3v) is 6.75. The van der Waals surface area contributed by atoms with Gasteiger partial charge in [0.05, 0.1) is 13.2 Å². The van der Waals surface area contributed by atoms with E-state index in [0.717, 1.165) is 11.1 Å². The van der Waals surface area contributed by atoms with E-state index in [1.54, 1.807) is 54.6 Å². The molecule has 0 radical (unpaired) electrons. The van der Waals surface area contributed by atoms with Gasteiger partial charge >= 0.3 is 6.18 Å². The zero-order valence-electron chi connectivity index (χ0n) is 22.7. The standard InChI is InChI=1S/C30H31ClF3N3O4/c1-18(2)27(28(39)30(32,33)34)37-29(40)25(16-22-6-4-5-15-35-22)36-26(38)17-24(19-7-11-21(31)12-8-19)20-9-13-23(41-3)14-10-20/h4-15,18,24-25,27H,16-17H2,1-3H3,(H,36,38)(H,37,40). The minimum absolute atomic E-state index is 0.0882. The summed E-state index contributed by atoms with van der Waals surface area (Å²) in [5, 5.41) is 5.38. The summed E-state index contributed by atoms with van der Waals surface area (Å²) in [5.74, 6) is -4.16. The summed E-state index contributed by atoms with van der Waals surface area (Å²) in [6.45, 7) is 2.79. The number of amides is 2. The fourth-order valence-corrected chi connectivity index (χ4v) is 4.43. The van der Waals surface area contributed by atoms with Crippen molar-refractivity contribution in [1.82, 2.24) is 15.6 Å². The molecule has 7 nitrogen and oxygen atoms in total. The van der Waals surface area contributed by atoms with Crippen LogP contribution in [-0.4, -0.2) is 48.0 Å². The number of hydrogen-bond donors (Lipinski definition) is 2. The Hall–Kier alpha value is -3.92. The number of pyridine rings is 1. The van der Waals surface area contributed by atoms with E-state index >= 15 is 0 Å². The molecule has 0 aliphatic rings. The highest BCUT2D eigenvalue weighted by atomic mass is 35.5. The minimum Gasteiger partial charge on any atom is -0.497 e. The predicted octanol–water partition coefficient (Wildman–Crippen LogP) is 5.27. The highest BCUT2D eigenvalue weighted by Gasteiger charge is 2.45. The van der Waals surface area contributed by atoms with Gasteiger partial charge < -0.3 is 15.4 Å². The van der Waals surface area contributed by atoms with Crippen LogP contribution in [0.3, 0.4) is 0 Å². The van der Waals surface area contributed by atoms with Gasteiger partial charge in [-0.15, -0.1) is 0 Å². The fourth-order valence-electron chi connectivity index (χ4n) is 4.30. The molecule has 3 unspecified atom stereocenters. The molecule has 0 aliphatic heterocycles. The number of nitrogens with zero attached hydrogens (tertiary/aromatic N) is 1. The first-order chi connectivity index (χ1) is 19.4. The van der Waals surface area contributed by atoms with E-state index in [9.17, 15) is 27.6 Å². The summed E-state index contributed by atoms with van der Waals surface area (Å²) in [6.07, 6.45) is -3.82. The molecule has 0 saturated carbocycles. The van der Waals surface area contributed by atoms with Crippen molar-refractivity contribution in [2.45, 2.75) is 50.9 Å². The number of ketones is 1. The van der Waals surface area contributed by atoms with Crippen molar-refractivity contribution >= 4 is 29.2 Å². The molecule has 2 amide bonds. The van der Waals surface area contributed by atoms with Crippen LogP contribution in [0, 0.1) is 5.92 Å². The zero-order chi connectivity index (χ0) is 30.2. The summed E-state index contributed by atoms with van der Waals surface area (Å²) in [5.41, 5.74) is 2.02. The van der Waals surface area contributed by atoms with Crippen molar-refractivity contribution in [3.8, 4) is 5.75 Å². The van der Waals surface area contributed by atoms with Crippen molar-refractivity contribution < 1.29 is 32.3 Å². The van der Waals surface area contributed by atoms with Gasteiger partial charge in [0.15, 0.2) is 0 Å². The normalized spacial score (nSPS) is 13.7. The smallest absolute Gasteiger partial charge is 0.452 e. The quantitative estimate of drug-likeness (QED) is 0.300. The molecule has 0 fully saturated rings. The van der Waals surface area contributed by atoms with Gasteiger partial charge in [-0.1, -0.05) is 55.8 Å². The first-order valence-electron chi connectivity index (χ1n) is 12.9. The van der Waals surface area contributed by atoms with Crippen LogP contribution < -0.4 is 15.4 Å². The summed E-state index contributed by atoms with van der Waals surface area (Å²) in [6, 6.07) is 16.0. The maximum absolute atomic E-state index is 13.4. The molecule has 0 aliphatic carbocycles. The lowest BCUT2D eigenvalue weighted by Crippen LogP contribution is -2.56. The van der Waals surface area contributed by atoms with Crippen LogP contribution in [0.2, 0.25) is 5.02 Å². The van der Waals surface area contributed by atoms with Crippen LogP contribution in [-0.2, 0) is 20.8 Å². The lowest BCUT2D eigenvalue weighted by molar-refractivity contribution is -0.175. The maximum Gasteiger partial charge on any atom is 0.452 e. The Balaban J connectivity index is 1.87. The lowest BCUT2D eigenvalue weighted by atomic mass is 9.88. The van der Waals surface area contributed by atoms with E-state index in [1.165, 1.54) is 27.2 Å². The topological polar surface area (TPSA) is 97.4 Å². The number of rotatable bonds is 12. The average Bonchev–Trinajstić information content (AvgIpc) is 2.94. The molecule has 11 heteroatoms. The molecule has 3 rings (SSSR count). The Morgan fingerprint density at radius 1 is 0.927 bits per heavy atom. The van der Waals surface area contributed by atoms with Gasteiger partial charge in [-0.2, -0.15) is 13.2 Å². The second kappa shape index (κ2) is 14.1. The van der Waals surface area contributed by atoms with Crippen LogP contribution in [0.15, 0.2) is 72.9 Å². The molecule has 1 heterocycles. The van der Waals surface area contributed by atoms with Crippen LogP contribution in [0.25, 0.3) is 0 Å². The second-order valence-corrected chi connectivity index (χ2v) is 10.3. The molecular weight excluding hydrogens is 559 g/mol. The van der Waals surface area contributed by atoms with Crippen molar-refractivity contribution in [2.75, 3.05) is 7.11 Å². The van der Waals surface area contributed by atoms with E-state index in [0.29, 0.717) is 16.5 Å². The molecule has 1 aromatic heterocycles. The number of carbonyl (C=O) groups is 3. The Kier molecular flexibility index (Phi) is 10.9. The van der Waals surface area contributed by atoms with E-state index < -0.39 is 47.7 Å². The Labute approximate surface area is 241 Å². The fraction of sp³-hybridized carbons (Fsp3) is 0.333. The van der Waals surface area contributed by atoms with Crippen molar-refractivity contribution in [3.05, 3.63) is 94.8 Å². The number of hydrogen-bond acceptors (Lipinski definition) is 5. The molecule has 3 atom stereocenters. The highest BCUT2D eigenvalue weighted by Crippen LogP contribution is 2.30. The number of alkyl halides is 3. The third kappa shape index (κ3) is 9.04. The number of benzene rings is 2. The van der Waals surface area contributed by atoms with Gasteiger partial charge in [0, 0.05) is 35.7 Å². The van der Waals surface area contributed by atoms with Gasteiger partial charge in [-0.3, -0.25) is 19.4 Å². The Morgan fingerprint density at radius 3 is 2.05 bits per heavy atom. The van der Waals surface area contributed by atoms with Gasteiger partial charge in [-0.25, -0.2) is 0 Å². The van der Waals surface area contributed by atoms with Crippen molar-refractivity contribution in [2.24, 2.45) is 5.92 Å². The molecule has 0 saturated heterocycles. The minimum atomic E-state index is -5.13. The van der Waals surface area contributed by atoms with E-state index in [2.05, 4.69) is 15.6 Å². The van der Waals surface area contributed by atoms with Gasteiger partial charge in [0.25, 0.3) is 5.78 Å². The van der Waals surface area contributed by atoms with Crippen LogP contribution in [0.1, 0.15) is 43.0 Å². The van der Waals surface area contributed by atoms with E-state index in [1.807, 2.05) is 12.1 Å². The molecular formula is C30H31ClF3N3O4. The van der Waals surface area contributed by atoms with Crippen molar-refractivity contribution in [1.29, 1.82) is 0 Å². The second-order valence-electron chi connectivity index (χ2n) is 9.82. The summed E-state index contributed by atoms with van der Waals surface area (Å²) in [4.78, 5) is 42.9. The maximum atomic E-state index is 13.4. The third-order valence-electron chi connectivity index (χ3n) is 6.50. The lowest BCUT2D eigenvalue weighted by Gasteiger charge is -2.26. The first kappa shape index (κ1) is 31.6. The number of carbonyl (C=O) groups excluding carboxylic acids is 3. The van der Waals surface area contributed by atoms with Crippen LogP contribution >= 0.6 is 11.6 Å². The molecule has 2 aromatic carbocycles. The summed E-state index contributed by atoms with van der Waals surface area (Å²) >= 11 is 6.06.